The molecule has 0 fully saturated rings. The van der Waals surface area contributed by atoms with Crippen molar-refractivity contribution in [3.8, 4) is 0 Å². The molecule has 0 bridgehead atoms. The minimum absolute atomic E-state index is 0.164. The maximum absolute atomic E-state index is 12.6. The lowest BCUT2D eigenvalue weighted by atomic mass is 10.1. The van der Waals surface area contributed by atoms with Crippen molar-refractivity contribution in [1.29, 1.82) is 0 Å². The fourth-order valence-electron chi connectivity index (χ4n) is 3.57. The van der Waals surface area contributed by atoms with Crippen molar-refractivity contribution in [2.45, 2.75) is 20.4 Å². The van der Waals surface area contributed by atoms with E-state index < -0.39 is 45.5 Å². The highest BCUT2D eigenvalue weighted by Gasteiger charge is 2.28. The third-order valence-electron chi connectivity index (χ3n) is 5.44. The Hall–Kier alpha value is -3.95. The molecule has 3 aromatic rings. The Morgan fingerprint density at radius 3 is 2.62 bits per heavy atom. The number of rotatable bonds is 12. The van der Waals surface area contributed by atoms with Crippen LogP contribution >= 0.6 is 8.03 Å². The van der Waals surface area contributed by atoms with Crippen LogP contribution in [0.5, 0.6) is 0 Å². The number of halogens is 1. The van der Waals surface area contributed by atoms with Crippen LogP contribution in [0, 0.1) is 0 Å². The van der Waals surface area contributed by atoms with E-state index in [1.54, 1.807) is 12.1 Å². The molecule has 1 unspecified atom stereocenters. The molecular weight excluding hydrogens is 504 g/mol. The number of pyridine rings is 1. The Bertz CT molecular complexity index is 1400. The fraction of sp³-hybridized carbons (Fsp3) is 0.280. The molecule has 2 heterocycles. The predicted octanol–water partition coefficient (Wildman–Crippen LogP) is 2.61. The molecule has 3 rings (SSSR count). The van der Waals surface area contributed by atoms with E-state index in [0.29, 0.717) is 11.3 Å². The van der Waals surface area contributed by atoms with Crippen LogP contribution in [-0.4, -0.2) is 43.5 Å². The number of alkyl halides is 1. The van der Waals surface area contributed by atoms with Gasteiger partial charge in [-0.2, -0.15) is 4.57 Å². The SMILES string of the molecule is CCN(CC)c1ccc2cc(/C=C/c3ccc([P+](=O)OCNC(=O)CF)c[n+]3CC(=O)O)c(=O)oc2c1. The lowest BCUT2D eigenvalue weighted by molar-refractivity contribution is -0.686. The first-order chi connectivity index (χ1) is 17.7. The number of carboxylic acid groups (broad SMARTS) is 1. The Balaban J connectivity index is 1.86. The normalized spacial score (nSPS) is 11.6. The molecule has 2 aromatic heterocycles. The number of hydrogen-bond acceptors (Lipinski definition) is 7. The van der Waals surface area contributed by atoms with E-state index in [2.05, 4.69) is 10.2 Å². The van der Waals surface area contributed by atoms with Crippen LogP contribution in [0.1, 0.15) is 25.1 Å². The van der Waals surface area contributed by atoms with Crippen LogP contribution in [0.3, 0.4) is 0 Å². The summed E-state index contributed by atoms with van der Waals surface area (Å²) in [5.74, 6) is -2.05. The van der Waals surface area contributed by atoms with E-state index in [9.17, 15) is 28.4 Å². The van der Waals surface area contributed by atoms with E-state index in [0.717, 1.165) is 24.2 Å². The monoisotopic (exact) mass is 531 g/mol. The summed E-state index contributed by atoms with van der Waals surface area (Å²) in [5, 5.41) is 12.3. The van der Waals surface area contributed by atoms with Crippen molar-refractivity contribution >= 4 is 54.0 Å². The summed E-state index contributed by atoms with van der Waals surface area (Å²) in [6.07, 6.45) is 4.39. The third kappa shape index (κ3) is 7.28. The molecule has 12 heteroatoms. The summed E-state index contributed by atoms with van der Waals surface area (Å²) in [4.78, 5) is 37.1. The van der Waals surface area contributed by atoms with E-state index >= 15 is 0 Å². The number of carbonyl (C=O) groups excluding carboxylic acids is 1. The van der Waals surface area contributed by atoms with Crippen molar-refractivity contribution in [2.24, 2.45) is 0 Å². The van der Waals surface area contributed by atoms with Crippen molar-refractivity contribution in [2.75, 3.05) is 31.4 Å². The zero-order valence-electron chi connectivity index (χ0n) is 20.3. The highest BCUT2D eigenvalue weighted by Crippen LogP contribution is 2.23. The molecule has 10 nitrogen and oxygen atoms in total. The van der Waals surface area contributed by atoms with E-state index in [1.807, 2.05) is 32.0 Å². The highest BCUT2D eigenvalue weighted by molar-refractivity contribution is 7.48. The Morgan fingerprint density at radius 2 is 1.95 bits per heavy atom. The second kappa shape index (κ2) is 12.8. The lowest BCUT2D eigenvalue weighted by Crippen LogP contribution is -2.42. The zero-order valence-corrected chi connectivity index (χ0v) is 21.2. The molecule has 0 aliphatic heterocycles. The second-order valence-corrected chi connectivity index (χ2v) is 9.10. The molecule has 0 spiro atoms. The third-order valence-corrected chi connectivity index (χ3v) is 6.49. The molecule has 1 aromatic carbocycles. The van der Waals surface area contributed by atoms with Crippen molar-refractivity contribution in [3.63, 3.8) is 0 Å². The summed E-state index contributed by atoms with van der Waals surface area (Å²) in [6.45, 7) is 3.58. The molecule has 0 aliphatic rings. The molecule has 0 radical (unpaired) electrons. The fourth-order valence-corrected chi connectivity index (χ4v) is 4.33. The van der Waals surface area contributed by atoms with Gasteiger partial charge in [0.05, 0.1) is 5.56 Å². The lowest BCUT2D eigenvalue weighted by Gasteiger charge is -2.20. The van der Waals surface area contributed by atoms with E-state index in [-0.39, 0.29) is 10.9 Å². The van der Waals surface area contributed by atoms with Gasteiger partial charge in [0, 0.05) is 48.4 Å². The van der Waals surface area contributed by atoms with Crippen LogP contribution in [0.4, 0.5) is 10.1 Å². The van der Waals surface area contributed by atoms with E-state index in [1.165, 1.54) is 29.0 Å². The number of benzene rings is 1. The van der Waals surface area contributed by atoms with Crippen molar-refractivity contribution in [3.05, 3.63) is 64.3 Å². The molecule has 194 valence electrons. The first kappa shape index (κ1) is 27.6. The van der Waals surface area contributed by atoms with Gasteiger partial charge in [0.2, 0.25) is 18.4 Å². The van der Waals surface area contributed by atoms with Gasteiger partial charge in [0.1, 0.15) is 5.58 Å². The van der Waals surface area contributed by atoms with Crippen LogP contribution in [-0.2, 0) is 25.2 Å². The van der Waals surface area contributed by atoms with Crippen LogP contribution < -0.4 is 25.7 Å². The average molecular weight is 531 g/mol. The number of nitrogens with one attached hydrogen (secondary N) is 1. The molecule has 1 atom stereocenters. The number of aromatic nitrogens is 1. The van der Waals surface area contributed by atoms with Gasteiger partial charge in [-0.15, -0.1) is 4.52 Å². The molecule has 37 heavy (non-hydrogen) atoms. The number of carboxylic acids is 1. The zero-order chi connectivity index (χ0) is 26.9. The predicted molar refractivity (Wildman–Crippen MR) is 137 cm³/mol. The smallest absolute Gasteiger partial charge is 0.477 e. The van der Waals surface area contributed by atoms with Gasteiger partial charge >= 0.3 is 19.6 Å². The first-order valence-electron chi connectivity index (χ1n) is 11.4. The molecule has 0 saturated carbocycles. The largest absolute Gasteiger partial charge is 0.557 e. The molecule has 2 N–H and O–H groups in total. The van der Waals surface area contributed by atoms with Gasteiger partial charge in [-0.05, 0) is 42.7 Å². The number of aliphatic carboxylic acids is 1. The van der Waals surface area contributed by atoms with Crippen LogP contribution in [0.25, 0.3) is 23.1 Å². The maximum atomic E-state index is 12.6. The maximum Gasteiger partial charge on any atom is 0.557 e. The summed E-state index contributed by atoms with van der Waals surface area (Å²) in [7, 11) is -2.45. The van der Waals surface area contributed by atoms with Gasteiger partial charge in [0.25, 0.3) is 11.2 Å². The minimum atomic E-state index is -2.45. The topological polar surface area (TPSA) is 130 Å². The summed E-state index contributed by atoms with van der Waals surface area (Å²) >= 11 is 0. The second-order valence-electron chi connectivity index (χ2n) is 7.81. The number of hydrogen-bond donors (Lipinski definition) is 2. The Morgan fingerprint density at radius 1 is 1.19 bits per heavy atom. The average Bonchev–Trinajstić information content (AvgIpc) is 2.88. The number of carbonyl (C=O) groups is 2. The number of amides is 1. The minimum Gasteiger partial charge on any atom is -0.477 e. The Labute approximate surface area is 212 Å². The van der Waals surface area contributed by atoms with Crippen LogP contribution in [0.2, 0.25) is 0 Å². The van der Waals surface area contributed by atoms with Crippen molar-refractivity contribution in [1.82, 2.24) is 5.32 Å². The van der Waals surface area contributed by atoms with Gasteiger partial charge in [-0.3, -0.25) is 4.79 Å². The first-order valence-corrected chi connectivity index (χ1v) is 12.6. The molecule has 0 saturated heterocycles. The highest BCUT2D eigenvalue weighted by atomic mass is 31.1. The summed E-state index contributed by atoms with van der Waals surface area (Å²) in [5.41, 5.74) is 1.55. The van der Waals surface area contributed by atoms with Gasteiger partial charge in [-0.25, -0.2) is 14.0 Å². The van der Waals surface area contributed by atoms with Gasteiger partial charge in [-0.1, -0.05) is 0 Å². The number of anilines is 1. The molecular formula is C25H27FN3O7P+2. The molecule has 0 aliphatic carbocycles. The Kier molecular flexibility index (Phi) is 9.59. The summed E-state index contributed by atoms with van der Waals surface area (Å²) in [6, 6.07) is 10.3. The molecule has 1 amide bonds. The number of fused-ring (bicyclic) bond motifs is 1. The van der Waals surface area contributed by atoms with Gasteiger partial charge in [0.15, 0.2) is 13.4 Å². The van der Waals surface area contributed by atoms with Gasteiger partial charge < -0.3 is 19.7 Å². The van der Waals surface area contributed by atoms with E-state index in [4.69, 9.17) is 8.94 Å². The number of nitrogens with zero attached hydrogens (tertiary/aromatic N) is 2. The summed E-state index contributed by atoms with van der Waals surface area (Å²) < 4.78 is 36.4. The van der Waals surface area contributed by atoms with Crippen molar-refractivity contribution < 1.29 is 37.2 Å². The standard InChI is InChI=1S/C25H25FN3O7P/c1-3-28(4-2)20-8-5-17-11-18(25(33)36-22(17)12-20)6-7-19-9-10-21(14-29(19)15-24(31)32)37(34)35-16-27-23(30)13-26/h5-12,14H,3-4,13,15-16H2,1-2H3/p+2. The quantitative estimate of drug-likeness (QED) is 0.158. The van der Waals surface area contributed by atoms with Crippen LogP contribution in [0.15, 0.2) is 51.8 Å².